The summed E-state index contributed by atoms with van der Waals surface area (Å²) in [5, 5.41) is 38.4. The lowest BCUT2D eigenvalue weighted by Crippen LogP contribution is -2.58. The molecule has 1 unspecified atom stereocenters. The Morgan fingerprint density at radius 2 is 1.75 bits per heavy atom. The zero-order valence-corrected chi connectivity index (χ0v) is 13.9. The molecule has 0 aromatic heterocycles. The number of halogens is 2. The number of carbonyl (C=O) groups excluding carboxylic acids is 1. The van der Waals surface area contributed by atoms with Gasteiger partial charge < -0.3 is 34.6 Å². The predicted molar refractivity (Wildman–Crippen MR) is 82.2 cm³/mol. The van der Waals surface area contributed by atoms with Crippen molar-refractivity contribution in [3.8, 4) is 5.75 Å². The van der Waals surface area contributed by atoms with Gasteiger partial charge in [-0.1, -0.05) is 23.2 Å². The summed E-state index contributed by atoms with van der Waals surface area (Å²) in [4.78, 5) is 12.2. The molecule has 2 rings (SSSR count). The van der Waals surface area contributed by atoms with Gasteiger partial charge in [-0.15, -0.1) is 0 Å². The number of ether oxygens (including phenoxy) is 3. The van der Waals surface area contributed by atoms with Crippen molar-refractivity contribution in [3.05, 3.63) is 27.7 Å². The number of aliphatic hydroxyl groups is 4. The Hall–Kier alpha value is -1.13. The number of carbonyl (C=O) groups is 1. The molecule has 0 radical (unpaired) electrons. The van der Waals surface area contributed by atoms with Gasteiger partial charge in [0.2, 0.25) is 0 Å². The van der Waals surface area contributed by atoms with Crippen LogP contribution in [0.1, 0.15) is 10.4 Å². The molecule has 8 nitrogen and oxygen atoms in total. The van der Waals surface area contributed by atoms with Crippen LogP contribution in [0, 0.1) is 0 Å². The van der Waals surface area contributed by atoms with Gasteiger partial charge in [0.15, 0.2) is 12.0 Å². The van der Waals surface area contributed by atoms with Crippen molar-refractivity contribution in [2.45, 2.75) is 30.7 Å². The number of aliphatic hydroxyl groups excluding tert-OH is 4. The summed E-state index contributed by atoms with van der Waals surface area (Å²) in [6.45, 7) is -0.507. The smallest absolute Gasteiger partial charge is 0.343 e. The maximum atomic E-state index is 12.2. The molecule has 0 bridgehead atoms. The zero-order valence-electron chi connectivity index (χ0n) is 12.4. The summed E-state index contributed by atoms with van der Waals surface area (Å²) in [7, 11) is 1.30. The molecular weight excluding hydrogens is 367 g/mol. The van der Waals surface area contributed by atoms with Crippen LogP contribution in [-0.4, -0.2) is 70.8 Å². The van der Waals surface area contributed by atoms with Crippen LogP contribution in [-0.2, 0) is 9.47 Å². The number of hydrogen-bond donors (Lipinski definition) is 4. The van der Waals surface area contributed by atoms with Gasteiger partial charge in [0.05, 0.1) is 17.2 Å². The first kappa shape index (κ1) is 19.2. The Morgan fingerprint density at radius 1 is 1.12 bits per heavy atom. The van der Waals surface area contributed by atoms with Crippen molar-refractivity contribution in [2.75, 3.05) is 13.7 Å². The second-order valence-electron chi connectivity index (χ2n) is 5.07. The fourth-order valence-corrected chi connectivity index (χ4v) is 2.68. The molecule has 0 aliphatic carbocycles. The number of rotatable bonds is 4. The van der Waals surface area contributed by atoms with E-state index in [0.29, 0.717) is 0 Å². The molecule has 0 spiro atoms. The maximum absolute atomic E-state index is 12.2. The summed E-state index contributed by atoms with van der Waals surface area (Å²) in [6, 6.07) is 2.83. The topological polar surface area (TPSA) is 126 Å². The van der Waals surface area contributed by atoms with E-state index in [0.717, 1.165) is 0 Å². The highest BCUT2D eigenvalue weighted by atomic mass is 35.5. The van der Waals surface area contributed by atoms with Gasteiger partial charge in [-0.25, -0.2) is 4.79 Å². The van der Waals surface area contributed by atoms with Crippen molar-refractivity contribution in [1.29, 1.82) is 0 Å². The molecule has 1 aromatic rings. The third-order valence-electron chi connectivity index (χ3n) is 3.53. The van der Waals surface area contributed by atoms with E-state index >= 15 is 0 Å². The van der Waals surface area contributed by atoms with Crippen molar-refractivity contribution < 1.29 is 39.4 Å². The quantitative estimate of drug-likeness (QED) is 0.534. The van der Waals surface area contributed by atoms with Crippen LogP contribution < -0.4 is 4.74 Å². The lowest BCUT2D eigenvalue weighted by Gasteiger charge is -2.37. The van der Waals surface area contributed by atoms with Gasteiger partial charge in [-0.3, -0.25) is 0 Å². The van der Waals surface area contributed by atoms with Gasteiger partial charge in [0, 0.05) is 0 Å². The minimum absolute atomic E-state index is 0.0229. The lowest BCUT2D eigenvalue weighted by atomic mass is 9.99. The third-order valence-corrected chi connectivity index (χ3v) is 4.15. The zero-order chi connectivity index (χ0) is 18.0. The molecule has 24 heavy (non-hydrogen) atoms. The standard InChI is InChI=1S/C14H16Cl2O8/c1-22-12-6(16)3-2-5(15)8(12)13(20)23-4-7-9(17)10(18)11(19)14(21)24-7/h2-3,7,9-11,14,17-19,21H,4H2,1H3/t7-,9-,10+,11+,14?/m1/s1. The Bertz CT molecular complexity index is 611. The number of hydrogen-bond acceptors (Lipinski definition) is 8. The fraction of sp³-hybridized carbons (Fsp3) is 0.500. The van der Waals surface area contributed by atoms with Gasteiger partial charge in [0.1, 0.15) is 36.6 Å². The third kappa shape index (κ3) is 3.75. The first-order chi connectivity index (χ1) is 11.3. The van der Waals surface area contributed by atoms with E-state index < -0.39 is 43.3 Å². The van der Waals surface area contributed by atoms with Gasteiger partial charge >= 0.3 is 5.97 Å². The van der Waals surface area contributed by atoms with E-state index in [-0.39, 0.29) is 21.4 Å². The monoisotopic (exact) mass is 382 g/mol. The van der Waals surface area contributed by atoms with Crippen LogP contribution in [0.5, 0.6) is 5.75 Å². The summed E-state index contributed by atoms with van der Waals surface area (Å²) >= 11 is 11.9. The predicted octanol–water partition coefficient (Wildman–Crippen LogP) is -0.0413. The molecule has 1 aliphatic rings. The van der Waals surface area contributed by atoms with E-state index in [1.54, 1.807) is 0 Å². The van der Waals surface area contributed by atoms with Crippen molar-refractivity contribution >= 4 is 29.2 Å². The van der Waals surface area contributed by atoms with Crippen LogP contribution >= 0.6 is 23.2 Å². The molecule has 4 N–H and O–H groups in total. The Kier molecular flexibility index (Phi) is 6.27. The number of methoxy groups -OCH3 is 1. The van der Waals surface area contributed by atoms with Crippen LogP contribution in [0.25, 0.3) is 0 Å². The molecule has 10 heteroatoms. The maximum Gasteiger partial charge on any atom is 0.343 e. The minimum atomic E-state index is -1.73. The molecule has 1 fully saturated rings. The van der Waals surface area contributed by atoms with Crippen LogP contribution in [0.15, 0.2) is 12.1 Å². The van der Waals surface area contributed by atoms with Crippen LogP contribution in [0.3, 0.4) is 0 Å². The van der Waals surface area contributed by atoms with Crippen LogP contribution in [0.4, 0.5) is 0 Å². The van der Waals surface area contributed by atoms with E-state index in [4.69, 9.17) is 37.4 Å². The molecule has 134 valence electrons. The minimum Gasteiger partial charge on any atom is -0.494 e. The summed E-state index contributed by atoms with van der Waals surface area (Å²) < 4.78 is 14.9. The molecule has 1 aliphatic heterocycles. The van der Waals surface area contributed by atoms with Gasteiger partial charge in [0.25, 0.3) is 0 Å². The van der Waals surface area contributed by atoms with E-state index in [9.17, 15) is 25.2 Å². The number of benzene rings is 1. The van der Waals surface area contributed by atoms with Crippen molar-refractivity contribution in [1.82, 2.24) is 0 Å². The normalized spacial score (nSPS) is 30.0. The Labute approximate surface area is 147 Å². The first-order valence-electron chi connectivity index (χ1n) is 6.84. The molecule has 0 saturated carbocycles. The summed E-state index contributed by atoms with van der Waals surface area (Å²) in [5.74, 6) is -0.875. The highest BCUT2D eigenvalue weighted by Gasteiger charge is 2.43. The Morgan fingerprint density at radius 3 is 2.38 bits per heavy atom. The average molecular weight is 383 g/mol. The largest absolute Gasteiger partial charge is 0.494 e. The molecule has 0 amide bonds. The van der Waals surface area contributed by atoms with Gasteiger partial charge in [-0.2, -0.15) is 0 Å². The summed E-state index contributed by atoms with van der Waals surface area (Å²) in [5.41, 5.74) is -0.113. The van der Waals surface area contributed by atoms with Crippen molar-refractivity contribution in [3.63, 3.8) is 0 Å². The van der Waals surface area contributed by atoms with Crippen molar-refractivity contribution in [2.24, 2.45) is 0 Å². The number of esters is 1. The Balaban J connectivity index is 2.10. The second kappa shape index (κ2) is 7.83. The molecule has 1 heterocycles. The second-order valence-corrected chi connectivity index (χ2v) is 5.89. The molecular formula is C14H16Cl2O8. The highest BCUT2D eigenvalue weighted by molar-refractivity contribution is 6.37. The average Bonchev–Trinajstić information content (AvgIpc) is 2.56. The molecule has 5 atom stereocenters. The lowest BCUT2D eigenvalue weighted by molar-refractivity contribution is -0.286. The highest BCUT2D eigenvalue weighted by Crippen LogP contribution is 2.34. The van der Waals surface area contributed by atoms with E-state index in [1.807, 2.05) is 0 Å². The van der Waals surface area contributed by atoms with Crippen LogP contribution in [0.2, 0.25) is 10.0 Å². The van der Waals surface area contributed by atoms with Gasteiger partial charge in [-0.05, 0) is 12.1 Å². The van der Waals surface area contributed by atoms with E-state index in [2.05, 4.69) is 0 Å². The molecule has 1 saturated heterocycles. The first-order valence-corrected chi connectivity index (χ1v) is 7.60. The molecule has 1 aromatic carbocycles. The summed E-state index contributed by atoms with van der Waals surface area (Å²) in [6.07, 6.45) is -7.85. The SMILES string of the molecule is COc1c(Cl)ccc(Cl)c1C(=O)OC[C@H]1OC(O)[C@@H](O)[C@@H](O)[C@@H]1O. The fourth-order valence-electron chi connectivity index (χ4n) is 2.22. The van der Waals surface area contributed by atoms with E-state index in [1.165, 1.54) is 19.2 Å².